The maximum Gasteiger partial charge on any atom is 0.187 e. The molecule has 0 radical (unpaired) electrons. The van der Waals surface area contributed by atoms with Gasteiger partial charge in [0, 0.05) is 14.5 Å². The minimum Gasteiger partial charge on any atom is -0.509 e. The second kappa shape index (κ2) is 5.28. The summed E-state index contributed by atoms with van der Waals surface area (Å²) in [4.78, 5) is 11.6. The predicted molar refractivity (Wildman–Crippen MR) is 67.1 cm³/mol. The third-order valence-corrected chi connectivity index (χ3v) is 2.81. The molecule has 0 saturated carbocycles. The number of hydrogen-bond donors (Lipinski definition) is 1. The molecule has 0 unspecified atom stereocenters. The lowest BCUT2D eigenvalue weighted by atomic mass is 10.1. The lowest BCUT2D eigenvalue weighted by Crippen LogP contribution is -1.95. The molecule has 0 aliphatic heterocycles. The van der Waals surface area contributed by atoms with E-state index in [1.807, 2.05) is 6.07 Å². The summed E-state index contributed by atoms with van der Waals surface area (Å²) >= 11 is 6.56. The number of benzene rings is 1. The Balaban J connectivity index is 3.01. The second-order valence-corrected chi connectivity index (χ2v) is 4.58. The first-order chi connectivity index (χ1) is 7.00. The first-order valence-electron chi connectivity index (χ1n) is 4.06. The molecule has 0 aliphatic carbocycles. The van der Waals surface area contributed by atoms with E-state index in [4.69, 9.17) is 5.11 Å². The Kier molecular flexibility index (Phi) is 4.29. The van der Waals surface area contributed by atoms with Crippen molar-refractivity contribution in [2.75, 3.05) is 0 Å². The fourth-order valence-electron chi connectivity index (χ4n) is 0.948. The quantitative estimate of drug-likeness (QED) is 0.393. The zero-order chi connectivity index (χ0) is 11.4. The van der Waals surface area contributed by atoms with Gasteiger partial charge >= 0.3 is 0 Å². The normalized spacial score (nSPS) is 10.5. The Morgan fingerprint density at radius 3 is 2.60 bits per heavy atom. The molecule has 0 saturated heterocycles. The van der Waals surface area contributed by atoms with E-state index in [0.717, 1.165) is 4.47 Å². The van der Waals surface area contributed by atoms with Crippen molar-refractivity contribution in [3.63, 3.8) is 0 Å². The number of rotatable bonds is 3. The van der Waals surface area contributed by atoms with E-state index in [1.54, 1.807) is 12.1 Å². The monoisotopic (exact) mass is 330 g/mol. The van der Waals surface area contributed by atoms with Crippen LogP contribution in [0.25, 0.3) is 0 Å². The summed E-state index contributed by atoms with van der Waals surface area (Å²) in [5.41, 5.74) is 0.530. The van der Waals surface area contributed by atoms with Crippen LogP contribution in [-0.2, 0) is 0 Å². The van der Waals surface area contributed by atoms with Gasteiger partial charge in [0.05, 0.1) is 0 Å². The molecule has 1 rings (SSSR count). The van der Waals surface area contributed by atoms with Crippen LogP contribution in [0.1, 0.15) is 10.4 Å². The van der Waals surface area contributed by atoms with Gasteiger partial charge in [-0.1, -0.05) is 38.4 Å². The van der Waals surface area contributed by atoms with Gasteiger partial charge in [0.2, 0.25) is 0 Å². The average Bonchev–Trinajstić information content (AvgIpc) is 2.18. The molecule has 2 nitrogen and oxygen atoms in total. The topological polar surface area (TPSA) is 37.3 Å². The van der Waals surface area contributed by atoms with E-state index in [0.29, 0.717) is 10.0 Å². The second-order valence-electron chi connectivity index (χ2n) is 2.81. The van der Waals surface area contributed by atoms with E-state index < -0.39 is 0 Å². The Morgan fingerprint density at radius 1 is 1.33 bits per heavy atom. The lowest BCUT2D eigenvalue weighted by molar-refractivity contribution is 0.104. The Hall–Kier alpha value is -0.870. The zero-order valence-corrected chi connectivity index (χ0v) is 10.9. The number of halogens is 2. The number of carbonyl (C=O) groups excluding carboxylic acids is 1. The van der Waals surface area contributed by atoms with Crippen molar-refractivity contribution in [2.24, 2.45) is 0 Å². The Morgan fingerprint density at radius 2 is 2.00 bits per heavy atom. The summed E-state index contributed by atoms with van der Waals surface area (Å²) in [7, 11) is 0. The van der Waals surface area contributed by atoms with Gasteiger partial charge in [-0.05, 0) is 30.4 Å². The minimum atomic E-state index is -0.196. The zero-order valence-electron chi connectivity index (χ0n) is 7.71. The molecule has 1 aromatic rings. The maximum absolute atomic E-state index is 11.6. The van der Waals surface area contributed by atoms with Crippen LogP contribution in [0.15, 0.2) is 51.6 Å². The number of carbonyl (C=O) groups is 1. The minimum absolute atomic E-state index is 0.144. The van der Waals surface area contributed by atoms with Crippen molar-refractivity contribution in [1.29, 1.82) is 0 Å². The first-order valence-corrected chi connectivity index (χ1v) is 5.64. The molecule has 78 valence electrons. The van der Waals surface area contributed by atoms with Crippen LogP contribution >= 0.6 is 31.9 Å². The summed E-state index contributed by atoms with van der Waals surface area (Å²) in [6.07, 6.45) is 2.53. The molecule has 1 aromatic carbocycles. The van der Waals surface area contributed by atoms with E-state index >= 15 is 0 Å². The van der Waals surface area contributed by atoms with E-state index in [-0.39, 0.29) is 11.5 Å². The fourth-order valence-corrected chi connectivity index (χ4v) is 1.75. The Labute approximate surface area is 105 Å². The van der Waals surface area contributed by atoms with Crippen molar-refractivity contribution in [2.45, 2.75) is 0 Å². The largest absolute Gasteiger partial charge is 0.509 e. The summed E-state index contributed by atoms with van der Waals surface area (Å²) in [6, 6.07) is 5.31. The van der Waals surface area contributed by atoms with Crippen LogP contribution in [-0.4, -0.2) is 10.9 Å². The third kappa shape index (κ3) is 3.64. The van der Waals surface area contributed by atoms with Crippen molar-refractivity contribution < 1.29 is 9.90 Å². The summed E-state index contributed by atoms with van der Waals surface area (Å²) in [5, 5.41) is 8.82. The Bertz CT molecular complexity index is 436. The molecular weight excluding hydrogens is 324 g/mol. The van der Waals surface area contributed by atoms with Gasteiger partial charge in [0.15, 0.2) is 5.78 Å². The molecule has 0 aliphatic rings. The van der Waals surface area contributed by atoms with Gasteiger partial charge in [0.25, 0.3) is 0 Å². The molecule has 4 heteroatoms. The number of aliphatic hydroxyl groups is 1. The van der Waals surface area contributed by atoms with Crippen LogP contribution in [0.5, 0.6) is 0 Å². The van der Waals surface area contributed by atoms with Crippen LogP contribution in [0.2, 0.25) is 0 Å². The van der Waals surface area contributed by atoms with Crippen molar-refractivity contribution in [3.05, 3.63) is 57.2 Å². The molecule has 0 bridgehead atoms. The van der Waals surface area contributed by atoms with Crippen LogP contribution < -0.4 is 0 Å². The van der Waals surface area contributed by atoms with Crippen molar-refractivity contribution in [1.82, 2.24) is 0 Å². The third-order valence-electron chi connectivity index (χ3n) is 1.62. The number of aliphatic hydroxyl groups excluding tert-OH is 1. The lowest BCUT2D eigenvalue weighted by Gasteiger charge is -2.00. The molecule has 0 aromatic heterocycles. The highest BCUT2D eigenvalue weighted by Gasteiger charge is 2.07. The van der Waals surface area contributed by atoms with Crippen LogP contribution in [0.4, 0.5) is 0 Å². The molecule has 0 heterocycles. The summed E-state index contributed by atoms with van der Waals surface area (Å²) in [6.45, 7) is 3.26. The SMILES string of the molecule is C=C(O)/C=C/C(=O)c1cc(Br)ccc1Br. The highest BCUT2D eigenvalue weighted by atomic mass is 79.9. The number of hydrogen-bond acceptors (Lipinski definition) is 2. The number of ketones is 1. The van der Waals surface area contributed by atoms with Crippen LogP contribution in [0, 0.1) is 0 Å². The summed E-state index contributed by atoms with van der Waals surface area (Å²) < 4.78 is 1.54. The molecule has 1 N–H and O–H groups in total. The van der Waals surface area contributed by atoms with Gasteiger partial charge in [0.1, 0.15) is 5.76 Å². The van der Waals surface area contributed by atoms with Gasteiger partial charge in [-0.25, -0.2) is 0 Å². The molecule has 0 spiro atoms. The average molecular weight is 332 g/mol. The highest BCUT2D eigenvalue weighted by Crippen LogP contribution is 2.22. The van der Waals surface area contributed by atoms with E-state index in [2.05, 4.69) is 38.4 Å². The molecular formula is C11H8Br2O2. The van der Waals surface area contributed by atoms with Crippen LogP contribution in [0.3, 0.4) is 0 Å². The van der Waals surface area contributed by atoms with Crippen molar-refractivity contribution >= 4 is 37.6 Å². The maximum atomic E-state index is 11.6. The molecule has 0 fully saturated rings. The van der Waals surface area contributed by atoms with Gasteiger partial charge in [-0.2, -0.15) is 0 Å². The summed E-state index contributed by atoms with van der Waals surface area (Å²) in [5.74, 6) is -0.340. The molecule has 15 heavy (non-hydrogen) atoms. The highest BCUT2D eigenvalue weighted by molar-refractivity contribution is 9.11. The van der Waals surface area contributed by atoms with Gasteiger partial charge in [-0.3, -0.25) is 4.79 Å². The first kappa shape index (κ1) is 12.2. The van der Waals surface area contributed by atoms with E-state index in [1.165, 1.54) is 12.2 Å². The molecule has 0 amide bonds. The smallest absolute Gasteiger partial charge is 0.187 e. The number of allylic oxidation sites excluding steroid dienone is 2. The standard InChI is InChI=1S/C11H8Br2O2/c1-7(14)2-5-11(15)9-6-8(12)3-4-10(9)13/h2-6,14H,1H2/b5-2+. The fraction of sp³-hybridized carbons (Fsp3) is 0. The van der Waals surface area contributed by atoms with Gasteiger partial charge in [-0.15, -0.1) is 0 Å². The van der Waals surface area contributed by atoms with E-state index in [9.17, 15) is 4.79 Å². The predicted octanol–water partition coefficient (Wildman–Crippen LogP) is 4.02. The molecule has 0 atom stereocenters. The van der Waals surface area contributed by atoms with Crippen molar-refractivity contribution in [3.8, 4) is 0 Å². The van der Waals surface area contributed by atoms with Gasteiger partial charge < -0.3 is 5.11 Å².